The zero-order valence-corrected chi connectivity index (χ0v) is 20.8. The predicted octanol–water partition coefficient (Wildman–Crippen LogP) is 5.10. The van der Waals surface area contributed by atoms with Crippen LogP contribution in [0.15, 0.2) is 0 Å². The zero-order chi connectivity index (χ0) is 22.9. The summed E-state index contributed by atoms with van der Waals surface area (Å²) >= 11 is 0. The first-order valence-corrected chi connectivity index (χ1v) is 13.6. The van der Waals surface area contributed by atoms with E-state index in [0.717, 1.165) is 64.2 Å². The van der Waals surface area contributed by atoms with Crippen molar-refractivity contribution in [2.24, 2.45) is 51.2 Å². The number of aliphatic hydroxyl groups excluding tert-OH is 2. The highest BCUT2D eigenvalue weighted by Crippen LogP contribution is 2.80. The molecule has 12 unspecified atom stereocenters. The lowest BCUT2D eigenvalue weighted by atomic mass is 9.31. The van der Waals surface area contributed by atoms with E-state index in [-0.39, 0.29) is 39.7 Å². The van der Waals surface area contributed by atoms with E-state index in [4.69, 9.17) is 4.74 Å². The maximum Gasteiger partial charge on any atom is 0.313 e. The molecule has 4 heteroatoms. The molecule has 2 N–H and O–H groups in total. The first-order chi connectivity index (χ1) is 15.0. The van der Waals surface area contributed by atoms with Gasteiger partial charge in [-0.15, -0.1) is 0 Å². The smallest absolute Gasteiger partial charge is 0.313 e. The van der Waals surface area contributed by atoms with Crippen molar-refractivity contribution in [3.05, 3.63) is 0 Å². The number of aliphatic hydroxyl groups is 2. The van der Waals surface area contributed by atoms with E-state index in [1.807, 2.05) is 0 Å². The van der Waals surface area contributed by atoms with E-state index in [1.165, 1.54) is 0 Å². The summed E-state index contributed by atoms with van der Waals surface area (Å²) in [7, 11) is 0. The second-order valence-electron chi connectivity index (χ2n) is 13.9. The molecule has 5 saturated carbocycles. The molecule has 12 atom stereocenters. The normalized spacial score (nSPS) is 63.5. The minimum Gasteiger partial charge on any atom is -0.455 e. The summed E-state index contributed by atoms with van der Waals surface area (Å²) in [6.45, 7) is 12.0. The number of ether oxygens (including phenoxy) is 1. The summed E-state index contributed by atoms with van der Waals surface area (Å²) in [5.41, 5.74) is -1.12. The Kier molecular flexibility index (Phi) is 4.33. The molecule has 0 radical (unpaired) electrons. The zero-order valence-electron chi connectivity index (χ0n) is 20.8. The van der Waals surface area contributed by atoms with E-state index in [0.29, 0.717) is 23.7 Å². The van der Waals surface area contributed by atoms with Crippen molar-refractivity contribution in [1.29, 1.82) is 0 Å². The highest BCUT2D eigenvalue weighted by Gasteiger charge is 2.83. The molecule has 5 aliphatic carbocycles. The Morgan fingerprint density at radius 3 is 2.41 bits per heavy atom. The van der Waals surface area contributed by atoms with Crippen LogP contribution in [0.1, 0.15) is 98.8 Å². The standard InChI is InChI=1S/C28H44O4/c1-16-6-11-27-13-12-26(5)25(4)10-7-18-14-19(29)8-9-24(18,3)20(25)15-21(30)28(26,32-23(27)31)22(27)17(16)2/h16-22,29-30H,6-15H2,1-5H3. The van der Waals surface area contributed by atoms with Crippen LogP contribution in [-0.4, -0.2) is 34.0 Å². The van der Waals surface area contributed by atoms with Crippen LogP contribution in [0.4, 0.5) is 0 Å². The van der Waals surface area contributed by atoms with E-state index in [9.17, 15) is 15.0 Å². The first-order valence-electron chi connectivity index (χ1n) is 13.6. The quantitative estimate of drug-likeness (QED) is 0.510. The summed E-state index contributed by atoms with van der Waals surface area (Å²) in [6.07, 6.45) is 9.06. The average Bonchev–Trinajstić information content (AvgIpc) is 2.96. The number of carbonyl (C=O) groups is 1. The third-order valence-electron chi connectivity index (χ3n) is 13.4. The van der Waals surface area contributed by atoms with Gasteiger partial charge in [0.1, 0.15) is 5.60 Å². The highest BCUT2D eigenvalue weighted by atomic mass is 16.6. The van der Waals surface area contributed by atoms with E-state index in [1.54, 1.807) is 0 Å². The van der Waals surface area contributed by atoms with Crippen molar-refractivity contribution in [2.45, 2.75) is 117 Å². The molecule has 180 valence electrons. The maximum atomic E-state index is 13.6. The van der Waals surface area contributed by atoms with Gasteiger partial charge in [-0.05, 0) is 98.7 Å². The van der Waals surface area contributed by atoms with Gasteiger partial charge in [-0.1, -0.05) is 34.6 Å². The Morgan fingerprint density at radius 1 is 0.906 bits per heavy atom. The summed E-state index contributed by atoms with van der Waals surface area (Å²) in [5.74, 6) is 2.05. The molecule has 1 spiro atoms. The average molecular weight is 445 g/mol. The van der Waals surface area contributed by atoms with E-state index in [2.05, 4.69) is 34.6 Å². The van der Waals surface area contributed by atoms with E-state index >= 15 is 0 Å². The topological polar surface area (TPSA) is 66.8 Å². The van der Waals surface area contributed by atoms with Gasteiger partial charge in [0, 0.05) is 11.3 Å². The molecule has 0 aromatic heterocycles. The molecule has 0 aromatic carbocycles. The molecule has 6 rings (SSSR count). The Labute approximate surface area is 193 Å². The molecule has 2 bridgehead atoms. The van der Waals surface area contributed by atoms with Gasteiger partial charge in [-0.2, -0.15) is 0 Å². The number of fused-ring (bicyclic) bond motifs is 4. The summed E-state index contributed by atoms with van der Waals surface area (Å²) in [4.78, 5) is 13.6. The van der Waals surface area contributed by atoms with Gasteiger partial charge in [0.2, 0.25) is 0 Å². The molecule has 6 fully saturated rings. The molecule has 6 aliphatic rings. The third kappa shape index (κ3) is 2.13. The minimum absolute atomic E-state index is 0.00626. The fourth-order valence-corrected chi connectivity index (χ4v) is 11.2. The lowest BCUT2D eigenvalue weighted by Crippen LogP contribution is -2.76. The number of carbonyl (C=O) groups excluding carboxylic acids is 1. The fraction of sp³-hybridized carbons (Fsp3) is 0.964. The van der Waals surface area contributed by atoms with Crippen molar-refractivity contribution in [3.8, 4) is 0 Å². The van der Waals surface area contributed by atoms with Gasteiger partial charge in [0.05, 0.1) is 17.6 Å². The van der Waals surface area contributed by atoms with Crippen molar-refractivity contribution < 1.29 is 19.7 Å². The van der Waals surface area contributed by atoms with Gasteiger partial charge in [-0.25, -0.2) is 0 Å². The second kappa shape index (κ2) is 6.33. The SMILES string of the molecule is CC1CCC23CCC4(C)C5(C)CCC6CC(O)CCC6(C)C5CC(O)C4(OC2=O)C3C1C. The Morgan fingerprint density at radius 2 is 1.66 bits per heavy atom. The van der Waals surface area contributed by atoms with Gasteiger partial charge in [-0.3, -0.25) is 4.79 Å². The van der Waals surface area contributed by atoms with Gasteiger partial charge < -0.3 is 14.9 Å². The summed E-state index contributed by atoms with van der Waals surface area (Å²) in [5, 5.41) is 22.5. The maximum absolute atomic E-state index is 13.6. The molecule has 32 heavy (non-hydrogen) atoms. The van der Waals surface area contributed by atoms with E-state index < -0.39 is 11.7 Å². The van der Waals surface area contributed by atoms with Crippen molar-refractivity contribution in [2.75, 3.05) is 0 Å². The van der Waals surface area contributed by atoms with Gasteiger partial charge >= 0.3 is 5.97 Å². The number of hydrogen-bond donors (Lipinski definition) is 2. The van der Waals surface area contributed by atoms with Crippen LogP contribution in [0.5, 0.6) is 0 Å². The molecule has 0 amide bonds. The van der Waals surface area contributed by atoms with Crippen LogP contribution < -0.4 is 0 Å². The highest BCUT2D eigenvalue weighted by molar-refractivity contribution is 5.82. The Balaban J connectivity index is 1.50. The number of esters is 1. The Bertz CT molecular complexity index is 841. The van der Waals surface area contributed by atoms with Crippen LogP contribution in [-0.2, 0) is 9.53 Å². The van der Waals surface area contributed by atoms with Gasteiger partial charge in [0.25, 0.3) is 0 Å². The van der Waals surface area contributed by atoms with Gasteiger partial charge in [0.15, 0.2) is 0 Å². The van der Waals surface area contributed by atoms with Crippen LogP contribution in [0.25, 0.3) is 0 Å². The summed E-state index contributed by atoms with van der Waals surface area (Å²) < 4.78 is 6.62. The third-order valence-corrected chi connectivity index (χ3v) is 13.4. The molecule has 1 aliphatic heterocycles. The fourth-order valence-electron chi connectivity index (χ4n) is 11.2. The predicted molar refractivity (Wildman–Crippen MR) is 123 cm³/mol. The van der Waals surface area contributed by atoms with Crippen LogP contribution in [0.3, 0.4) is 0 Å². The van der Waals surface area contributed by atoms with Crippen LogP contribution in [0, 0.1) is 51.2 Å². The molecule has 4 nitrogen and oxygen atoms in total. The summed E-state index contributed by atoms with van der Waals surface area (Å²) in [6, 6.07) is 0. The molecule has 1 heterocycles. The molecule has 1 saturated heterocycles. The monoisotopic (exact) mass is 444 g/mol. The molecule has 0 aromatic rings. The lowest BCUT2D eigenvalue weighted by Gasteiger charge is -2.73. The van der Waals surface area contributed by atoms with Crippen LogP contribution >= 0.6 is 0 Å². The first kappa shape index (κ1) is 21.9. The molecular formula is C28H44O4. The van der Waals surface area contributed by atoms with Crippen molar-refractivity contribution in [3.63, 3.8) is 0 Å². The number of hydrogen-bond acceptors (Lipinski definition) is 4. The van der Waals surface area contributed by atoms with Crippen LogP contribution in [0.2, 0.25) is 0 Å². The molecular weight excluding hydrogens is 400 g/mol. The largest absolute Gasteiger partial charge is 0.455 e. The Hall–Kier alpha value is -0.610. The second-order valence-corrected chi connectivity index (χ2v) is 13.9. The number of rotatable bonds is 0. The lowest BCUT2D eigenvalue weighted by molar-refractivity contribution is -0.313. The van der Waals surface area contributed by atoms with Crippen molar-refractivity contribution >= 4 is 5.97 Å². The van der Waals surface area contributed by atoms with Crippen molar-refractivity contribution in [1.82, 2.24) is 0 Å². The minimum atomic E-state index is -0.737.